The first-order valence-electron chi connectivity index (χ1n) is 5.89. The largest absolute Gasteiger partial charge is 0.490 e. The molecular weight excluding hydrogens is 226 g/mol. The molecule has 0 amide bonds. The third-order valence-corrected chi connectivity index (χ3v) is 2.50. The molecule has 0 aliphatic heterocycles. The van der Waals surface area contributed by atoms with Gasteiger partial charge in [0.1, 0.15) is 12.4 Å². The van der Waals surface area contributed by atoms with Gasteiger partial charge in [-0.3, -0.25) is 4.98 Å². The number of pyridine rings is 1. The van der Waals surface area contributed by atoms with Crippen LogP contribution in [-0.2, 0) is 0 Å². The molecule has 1 heterocycles. The van der Waals surface area contributed by atoms with E-state index >= 15 is 0 Å². The minimum atomic E-state index is 0.565. The van der Waals surface area contributed by atoms with Crippen molar-refractivity contribution in [3.63, 3.8) is 0 Å². The first-order valence-corrected chi connectivity index (χ1v) is 5.89. The van der Waals surface area contributed by atoms with Gasteiger partial charge in [-0.05, 0) is 31.2 Å². The van der Waals surface area contributed by atoms with Gasteiger partial charge in [-0.25, -0.2) is 0 Å². The van der Waals surface area contributed by atoms with Crippen LogP contribution in [-0.4, -0.2) is 18.1 Å². The van der Waals surface area contributed by atoms with Crippen molar-refractivity contribution in [3.8, 4) is 5.75 Å². The number of nitrogens with two attached hydrogens (primary N) is 1. The van der Waals surface area contributed by atoms with Crippen molar-refractivity contribution < 1.29 is 4.74 Å². The van der Waals surface area contributed by atoms with E-state index in [9.17, 15) is 0 Å². The number of nitrogen functional groups attached to an aromatic ring is 1. The van der Waals surface area contributed by atoms with E-state index in [0.717, 1.165) is 23.7 Å². The minimum absolute atomic E-state index is 0.565. The second kappa shape index (κ2) is 5.91. The highest BCUT2D eigenvalue weighted by atomic mass is 16.5. The Hall–Kier alpha value is -2.23. The summed E-state index contributed by atoms with van der Waals surface area (Å²) in [5.74, 6) is 0.727. The van der Waals surface area contributed by atoms with Crippen molar-refractivity contribution in [2.24, 2.45) is 0 Å². The second-order valence-corrected chi connectivity index (χ2v) is 4.00. The quantitative estimate of drug-likeness (QED) is 0.625. The van der Waals surface area contributed by atoms with E-state index in [1.807, 2.05) is 43.3 Å². The molecule has 0 spiro atoms. The Bertz CT molecular complexity index is 514. The van der Waals surface area contributed by atoms with E-state index in [-0.39, 0.29) is 0 Å². The predicted octanol–water partition coefficient (Wildman–Crippen LogP) is 2.46. The monoisotopic (exact) mass is 243 g/mol. The number of para-hydroxylation sites is 2. The van der Waals surface area contributed by atoms with Crippen LogP contribution in [0.1, 0.15) is 5.69 Å². The average Bonchev–Trinajstić information content (AvgIpc) is 2.37. The van der Waals surface area contributed by atoms with Gasteiger partial charge in [0, 0.05) is 24.1 Å². The molecule has 0 bridgehead atoms. The molecule has 0 aliphatic rings. The number of hydrogen-bond donors (Lipinski definition) is 2. The Morgan fingerprint density at radius 1 is 1.28 bits per heavy atom. The number of ether oxygens (including phenoxy) is 1. The SMILES string of the molecule is Cc1cc(NCCOc2ccccc2N)ccn1. The lowest BCUT2D eigenvalue weighted by Gasteiger charge is -2.10. The third-order valence-electron chi connectivity index (χ3n) is 2.50. The molecule has 1 aromatic heterocycles. The predicted molar refractivity (Wildman–Crippen MR) is 73.8 cm³/mol. The highest BCUT2D eigenvalue weighted by molar-refractivity contribution is 5.51. The molecule has 2 aromatic rings. The van der Waals surface area contributed by atoms with E-state index < -0.39 is 0 Å². The number of hydrogen-bond acceptors (Lipinski definition) is 4. The van der Waals surface area contributed by atoms with Gasteiger partial charge < -0.3 is 15.8 Å². The summed E-state index contributed by atoms with van der Waals surface area (Å²) in [5, 5.41) is 3.27. The summed E-state index contributed by atoms with van der Waals surface area (Å²) in [6.07, 6.45) is 1.79. The first kappa shape index (κ1) is 12.2. The molecule has 4 nitrogen and oxygen atoms in total. The number of anilines is 2. The topological polar surface area (TPSA) is 60.2 Å². The Morgan fingerprint density at radius 3 is 2.89 bits per heavy atom. The molecule has 2 rings (SSSR count). The van der Waals surface area contributed by atoms with Gasteiger partial charge in [-0.15, -0.1) is 0 Å². The molecule has 4 heteroatoms. The number of aryl methyl sites for hydroxylation is 1. The molecule has 0 saturated carbocycles. The fraction of sp³-hybridized carbons (Fsp3) is 0.214. The van der Waals surface area contributed by atoms with Gasteiger partial charge in [0.05, 0.1) is 5.69 Å². The highest BCUT2D eigenvalue weighted by Crippen LogP contribution is 2.19. The van der Waals surface area contributed by atoms with Crippen molar-refractivity contribution in [3.05, 3.63) is 48.3 Å². The van der Waals surface area contributed by atoms with Crippen molar-refractivity contribution in [1.82, 2.24) is 4.98 Å². The molecule has 0 aliphatic carbocycles. The molecule has 3 N–H and O–H groups in total. The molecule has 94 valence electrons. The average molecular weight is 243 g/mol. The lowest BCUT2D eigenvalue weighted by Crippen LogP contribution is -2.12. The van der Waals surface area contributed by atoms with Crippen LogP contribution in [0.4, 0.5) is 11.4 Å². The Labute approximate surface area is 107 Å². The summed E-state index contributed by atoms with van der Waals surface area (Å²) in [6.45, 7) is 3.25. The van der Waals surface area contributed by atoms with Gasteiger partial charge in [-0.1, -0.05) is 12.1 Å². The lowest BCUT2D eigenvalue weighted by molar-refractivity contribution is 0.334. The standard InChI is InChI=1S/C14H17N3O/c1-11-10-12(6-7-16-11)17-8-9-18-14-5-3-2-4-13(14)15/h2-7,10H,8-9,15H2,1H3,(H,16,17). The Morgan fingerprint density at radius 2 is 2.11 bits per heavy atom. The smallest absolute Gasteiger partial charge is 0.142 e. The van der Waals surface area contributed by atoms with Gasteiger partial charge in [-0.2, -0.15) is 0 Å². The van der Waals surface area contributed by atoms with Crippen molar-refractivity contribution in [2.75, 3.05) is 24.2 Å². The maximum Gasteiger partial charge on any atom is 0.142 e. The molecule has 0 saturated heterocycles. The molecule has 0 fully saturated rings. The molecule has 1 aromatic carbocycles. The zero-order chi connectivity index (χ0) is 12.8. The maximum atomic E-state index is 5.78. The van der Waals surface area contributed by atoms with E-state index in [1.54, 1.807) is 6.20 Å². The van der Waals surface area contributed by atoms with Crippen LogP contribution in [0.25, 0.3) is 0 Å². The van der Waals surface area contributed by atoms with E-state index in [4.69, 9.17) is 10.5 Å². The summed E-state index contributed by atoms with van der Waals surface area (Å²) in [4.78, 5) is 4.14. The lowest BCUT2D eigenvalue weighted by atomic mass is 10.3. The van der Waals surface area contributed by atoms with E-state index in [2.05, 4.69) is 10.3 Å². The molecule has 0 unspecified atom stereocenters. The summed E-state index contributed by atoms with van der Waals surface area (Å²) < 4.78 is 5.59. The van der Waals surface area contributed by atoms with Gasteiger partial charge >= 0.3 is 0 Å². The Kier molecular flexibility index (Phi) is 4.02. The van der Waals surface area contributed by atoms with Gasteiger partial charge in [0.25, 0.3) is 0 Å². The number of rotatable bonds is 5. The fourth-order valence-corrected chi connectivity index (χ4v) is 1.62. The second-order valence-electron chi connectivity index (χ2n) is 4.00. The van der Waals surface area contributed by atoms with Crippen LogP contribution in [0.2, 0.25) is 0 Å². The summed E-state index contributed by atoms with van der Waals surface area (Å²) in [5.41, 5.74) is 8.49. The Balaban J connectivity index is 1.78. The van der Waals surface area contributed by atoms with Crippen molar-refractivity contribution in [1.29, 1.82) is 0 Å². The normalized spacial score (nSPS) is 10.1. The van der Waals surface area contributed by atoms with Crippen LogP contribution in [0.15, 0.2) is 42.6 Å². The van der Waals surface area contributed by atoms with Crippen molar-refractivity contribution >= 4 is 11.4 Å². The third kappa shape index (κ3) is 3.38. The number of aromatic nitrogens is 1. The van der Waals surface area contributed by atoms with Gasteiger partial charge in [0.2, 0.25) is 0 Å². The van der Waals surface area contributed by atoms with E-state index in [1.165, 1.54) is 0 Å². The maximum absolute atomic E-state index is 5.78. The zero-order valence-corrected chi connectivity index (χ0v) is 10.4. The van der Waals surface area contributed by atoms with Crippen LogP contribution < -0.4 is 15.8 Å². The van der Waals surface area contributed by atoms with E-state index in [0.29, 0.717) is 12.3 Å². The van der Waals surface area contributed by atoms with Crippen molar-refractivity contribution in [2.45, 2.75) is 6.92 Å². The summed E-state index contributed by atoms with van der Waals surface area (Å²) in [6, 6.07) is 11.4. The van der Waals surface area contributed by atoms with Crippen LogP contribution in [0.3, 0.4) is 0 Å². The molecule has 18 heavy (non-hydrogen) atoms. The summed E-state index contributed by atoms with van der Waals surface area (Å²) in [7, 11) is 0. The minimum Gasteiger partial charge on any atom is -0.490 e. The van der Waals surface area contributed by atoms with Crippen LogP contribution in [0.5, 0.6) is 5.75 Å². The number of nitrogens with zero attached hydrogens (tertiary/aromatic N) is 1. The number of benzene rings is 1. The summed E-state index contributed by atoms with van der Waals surface area (Å²) >= 11 is 0. The molecule has 0 atom stereocenters. The zero-order valence-electron chi connectivity index (χ0n) is 10.4. The van der Waals surface area contributed by atoms with Crippen LogP contribution >= 0.6 is 0 Å². The first-order chi connectivity index (χ1) is 8.75. The van der Waals surface area contributed by atoms with Gasteiger partial charge in [0.15, 0.2) is 0 Å². The highest BCUT2D eigenvalue weighted by Gasteiger charge is 1.98. The van der Waals surface area contributed by atoms with Crippen LogP contribution in [0, 0.1) is 6.92 Å². The molecular formula is C14H17N3O. The number of nitrogens with one attached hydrogen (secondary N) is 1. The molecule has 0 radical (unpaired) electrons. The fourth-order valence-electron chi connectivity index (χ4n) is 1.62.